The highest BCUT2D eigenvalue weighted by Gasteiger charge is 2.11. The molecule has 0 unspecified atom stereocenters. The maximum absolute atomic E-state index is 12.6. The van der Waals surface area contributed by atoms with Crippen LogP contribution in [-0.4, -0.2) is 29.5 Å². The van der Waals surface area contributed by atoms with Crippen LogP contribution < -0.4 is 15.4 Å². The van der Waals surface area contributed by atoms with Crippen LogP contribution in [0.5, 0.6) is 5.75 Å². The number of aryl methyl sites for hydroxylation is 3. The predicted octanol–water partition coefficient (Wildman–Crippen LogP) is 4.13. The van der Waals surface area contributed by atoms with Crippen molar-refractivity contribution in [3.05, 3.63) is 76.7 Å². The molecule has 6 heteroatoms. The number of carbonyl (C=O) groups excluding carboxylic acids is 1. The van der Waals surface area contributed by atoms with Gasteiger partial charge in [-0.1, -0.05) is 24.3 Å². The maximum Gasteiger partial charge on any atom is 0.270 e. The Morgan fingerprint density at radius 3 is 2.48 bits per heavy atom. The lowest BCUT2D eigenvalue weighted by Crippen LogP contribution is -2.27. The molecule has 2 aromatic carbocycles. The summed E-state index contributed by atoms with van der Waals surface area (Å²) in [4.78, 5) is 21.3. The molecular formula is C23H26N4O2. The summed E-state index contributed by atoms with van der Waals surface area (Å²) in [6.45, 7) is 6.37. The Hall–Kier alpha value is -3.41. The SMILES string of the molecule is COc1ccc(CCNC(=O)c2cc(Nc3cc(C)ccc3C)nc(C)n2)cc1. The first-order chi connectivity index (χ1) is 13.9. The van der Waals surface area contributed by atoms with Crippen molar-refractivity contribution >= 4 is 17.4 Å². The highest BCUT2D eigenvalue weighted by molar-refractivity contribution is 5.93. The number of ether oxygens (including phenoxy) is 1. The minimum atomic E-state index is -0.215. The third-order valence-corrected chi connectivity index (χ3v) is 4.58. The molecule has 0 saturated heterocycles. The van der Waals surface area contributed by atoms with E-state index in [2.05, 4.69) is 38.8 Å². The lowest BCUT2D eigenvalue weighted by molar-refractivity contribution is 0.0949. The summed E-state index contributed by atoms with van der Waals surface area (Å²) >= 11 is 0. The van der Waals surface area contributed by atoms with E-state index in [0.717, 1.165) is 34.5 Å². The number of hydrogen-bond donors (Lipinski definition) is 2. The fourth-order valence-corrected chi connectivity index (χ4v) is 2.96. The average molecular weight is 390 g/mol. The molecule has 0 radical (unpaired) electrons. The van der Waals surface area contributed by atoms with E-state index >= 15 is 0 Å². The van der Waals surface area contributed by atoms with E-state index in [4.69, 9.17) is 4.74 Å². The number of carbonyl (C=O) groups is 1. The van der Waals surface area contributed by atoms with Crippen LogP contribution in [0.3, 0.4) is 0 Å². The summed E-state index contributed by atoms with van der Waals surface area (Å²) in [5.74, 6) is 1.75. The van der Waals surface area contributed by atoms with Gasteiger partial charge >= 0.3 is 0 Å². The number of amides is 1. The molecule has 0 aliphatic heterocycles. The summed E-state index contributed by atoms with van der Waals surface area (Å²) in [5, 5.41) is 6.23. The van der Waals surface area contributed by atoms with Gasteiger partial charge in [-0.25, -0.2) is 9.97 Å². The molecule has 150 valence electrons. The first-order valence-electron chi connectivity index (χ1n) is 9.55. The molecule has 0 spiro atoms. The second-order valence-corrected chi connectivity index (χ2v) is 6.98. The van der Waals surface area contributed by atoms with Crippen molar-refractivity contribution in [2.45, 2.75) is 27.2 Å². The van der Waals surface area contributed by atoms with Gasteiger partial charge in [0, 0.05) is 18.3 Å². The van der Waals surface area contributed by atoms with E-state index in [-0.39, 0.29) is 5.91 Å². The summed E-state index contributed by atoms with van der Waals surface area (Å²) in [7, 11) is 1.64. The van der Waals surface area contributed by atoms with E-state index in [1.807, 2.05) is 38.1 Å². The Morgan fingerprint density at radius 2 is 1.76 bits per heavy atom. The minimum absolute atomic E-state index is 0.215. The van der Waals surface area contributed by atoms with Crippen LogP contribution in [0, 0.1) is 20.8 Å². The number of benzene rings is 2. The maximum atomic E-state index is 12.6. The Bertz CT molecular complexity index is 1000. The molecule has 6 nitrogen and oxygen atoms in total. The van der Waals surface area contributed by atoms with Crippen LogP contribution in [0.1, 0.15) is 33.0 Å². The zero-order chi connectivity index (χ0) is 20.8. The van der Waals surface area contributed by atoms with Gasteiger partial charge in [-0.2, -0.15) is 0 Å². The smallest absolute Gasteiger partial charge is 0.270 e. The fraction of sp³-hybridized carbons (Fsp3) is 0.261. The number of hydrogen-bond acceptors (Lipinski definition) is 5. The van der Waals surface area contributed by atoms with Crippen LogP contribution in [0.4, 0.5) is 11.5 Å². The number of anilines is 2. The summed E-state index contributed by atoms with van der Waals surface area (Å²) < 4.78 is 5.16. The highest BCUT2D eigenvalue weighted by Crippen LogP contribution is 2.21. The van der Waals surface area contributed by atoms with Gasteiger partial charge in [-0.3, -0.25) is 4.79 Å². The number of methoxy groups -OCH3 is 1. The predicted molar refractivity (Wildman–Crippen MR) is 115 cm³/mol. The molecule has 0 fully saturated rings. The third kappa shape index (κ3) is 5.54. The first-order valence-corrected chi connectivity index (χ1v) is 9.55. The topological polar surface area (TPSA) is 76.1 Å². The van der Waals surface area contributed by atoms with Gasteiger partial charge in [0.05, 0.1) is 7.11 Å². The van der Waals surface area contributed by atoms with E-state index < -0.39 is 0 Å². The monoisotopic (exact) mass is 390 g/mol. The molecule has 0 aliphatic rings. The number of nitrogens with one attached hydrogen (secondary N) is 2. The average Bonchev–Trinajstić information content (AvgIpc) is 2.71. The van der Waals surface area contributed by atoms with Crippen molar-refractivity contribution in [1.82, 2.24) is 15.3 Å². The molecule has 0 bridgehead atoms. The van der Waals surface area contributed by atoms with Gasteiger partial charge in [0.25, 0.3) is 5.91 Å². The standard InChI is InChI=1S/C23H26N4O2/c1-15-5-6-16(2)20(13-15)27-22-14-21(25-17(3)26-22)23(28)24-12-11-18-7-9-19(29-4)10-8-18/h5-10,13-14H,11-12H2,1-4H3,(H,24,28)(H,25,26,27). The Balaban J connectivity index is 1.65. The molecule has 29 heavy (non-hydrogen) atoms. The van der Waals surface area contributed by atoms with Gasteiger partial charge in [-0.05, 0) is 62.1 Å². The van der Waals surface area contributed by atoms with Gasteiger partial charge in [0.15, 0.2) is 0 Å². The molecule has 0 atom stereocenters. The van der Waals surface area contributed by atoms with E-state index in [1.165, 1.54) is 0 Å². The van der Waals surface area contributed by atoms with E-state index in [9.17, 15) is 4.79 Å². The Morgan fingerprint density at radius 1 is 1.00 bits per heavy atom. The van der Waals surface area contributed by atoms with E-state index in [0.29, 0.717) is 23.9 Å². The third-order valence-electron chi connectivity index (χ3n) is 4.58. The first kappa shape index (κ1) is 20.3. The molecule has 1 amide bonds. The largest absolute Gasteiger partial charge is 0.497 e. The second-order valence-electron chi connectivity index (χ2n) is 6.98. The summed E-state index contributed by atoms with van der Waals surface area (Å²) in [5.41, 5.74) is 4.70. The van der Waals surface area contributed by atoms with Crippen molar-refractivity contribution in [2.75, 3.05) is 19.0 Å². The number of rotatable bonds is 7. The van der Waals surface area contributed by atoms with Crippen molar-refractivity contribution in [1.29, 1.82) is 0 Å². The van der Waals surface area contributed by atoms with Crippen molar-refractivity contribution in [3.63, 3.8) is 0 Å². The van der Waals surface area contributed by atoms with E-state index in [1.54, 1.807) is 20.1 Å². The van der Waals surface area contributed by atoms with Gasteiger partial charge in [0.1, 0.15) is 23.1 Å². The fourth-order valence-electron chi connectivity index (χ4n) is 2.96. The Labute approximate surface area is 171 Å². The molecule has 1 aromatic heterocycles. The number of aromatic nitrogens is 2. The van der Waals surface area contributed by atoms with Crippen LogP contribution in [0.2, 0.25) is 0 Å². The lowest BCUT2D eigenvalue weighted by Gasteiger charge is -2.12. The van der Waals surface area contributed by atoms with Crippen LogP contribution >= 0.6 is 0 Å². The minimum Gasteiger partial charge on any atom is -0.497 e. The van der Waals surface area contributed by atoms with Gasteiger partial charge < -0.3 is 15.4 Å². The van der Waals surface area contributed by atoms with Crippen LogP contribution in [-0.2, 0) is 6.42 Å². The summed E-state index contributed by atoms with van der Waals surface area (Å²) in [6, 6.07) is 15.7. The van der Waals surface area contributed by atoms with Crippen LogP contribution in [0.15, 0.2) is 48.5 Å². The Kier molecular flexibility index (Phi) is 6.44. The summed E-state index contributed by atoms with van der Waals surface area (Å²) in [6.07, 6.45) is 0.730. The molecule has 2 N–H and O–H groups in total. The molecule has 0 aliphatic carbocycles. The van der Waals surface area contributed by atoms with Crippen molar-refractivity contribution in [2.24, 2.45) is 0 Å². The quantitative estimate of drug-likeness (QED) is 0.634. The zero-order valence-electron chi connectivity index (χ0n) is 17.2. The highest BCUT2D eigenvalue weighted by atomic mass is 16.5. The lowest BCUT2D eigenvalue weighted by atomic mass is 10.1. The van der Waals surface area contributed by atoms with Gasteiger partial charge in [-0.15, -0.1) is 0 Å². The van der Waals surface area contributed by atoms with Crippen molar-refractivity contribution in [3.8, 4) is 5.75 Å². The molecule has 0 saturated carbocycles. The molecule has 1 heterocycles. The molecular weight excluding hydrogens is 364 g/mol. The zero-order valence-corrected chi connectivity index (χ0v) is 17.2. The molecule has 3 rings (SSSR count). The second kappa shape index (κ2) is 9.19. The number of nitrogens with zero attached hydrogens (tertiary/aromatic N) is 2. The normalized spacial score (nSPS) is 10.5. The van der Waals surface area contributed by atoms with Crippen molar-refractivity contribution < 1.29 is 9.53 Å². The molecule has 3 aromatic rings. The van der Waals surface area contributed by atoms with Crippen LogP contribution in [0.25, 0.3) is 0 Å². The van der Waals surface area contributed by atoms with Gasteiger partial charge in [0.2, 0.25) is 0 Å².